The summed E-state index contributed by atoms with van der Waals surface area (Å²) in [6.07, 6.45) is 1.07. The van der Waals surface area contributed by atoms with E-state index in [1.807, 2.05) is 41.9 Å². The molecule has 4 rings (SSSR count). The number of nitrogens with two attached hydrogens (primary N) is 1. The number of imidazole rings is 1. The Hall–Kier alpha value is -4.58. The lowest BCUT2D eigenvalue weighted by atomic mass is 10.0. The van der Waals surface area contributed by atoms with E-state index >= 15 is 0 Å². The van der Waals surface area contributed by atoms with E-state index in [0.717, 1.165) is 11.1 Å². The molecule has 2 heterocycles. The lowest BCUT2D eigenvalue weighted by Gasteiger charge is -2.27. The molecule has 0 aliphatic heterocycles. The number of amides is 1. The number of fused-ring (bicyclic) bond motifs is 1. The molecule has 0 aliphatic rings. The van der Waals surface area contributed by atoms with E-state index in [1.165, 1.54) is 4.90 Å². The molecular formula is C27H28N6O3. The Labute approximate surface area is 209 Å². The highest BCUT2D eigenvalue weighted by Crippen LogP contribution is 2.38. The summed E-state index contributed by atoms with van der Waals surface area (Å²) in [6.45, 7) is 5.60. The van der Waals surface area contributed by atoms with Crippen molar-refractivity contribution in [1.82, 2.24) is 14.5 Å². The van der Waals surface area contributed by atoms with E-state index in [4.69, 9.17) is 15.2 Å². The van der Waals surface area contributed by atoms with Gasteiger partial charge in [-0.05, 0) is 56.2 Å². The lowest BCUT2D eigenvalue weighted by molar-refractivity contribution is 0.0576. The van der Waals surface area contributed by atoms with Crippen molar-refractivity contribution < 1.29 is 14.3 Å². The van der Waals surface area contributed by atoms with Gasteiger partial charge in [-0.2, -0.15) is 5.26 Å². The molecule has 2 aromatic heterocycles. The van der Waals surface area contributed by atoms with E-state index in [-0.39, 0.29) is 18.2 Å². The number of rotatable bonds is 5. The summed E-state index contributed by atoms with van der Waals surface area (Å²) in [5, 5.41) is 9.37. The normalized spacial score (nSPS) is 11.2. The molecule has 0 radical (unpaired) electrons. The molecule has 9 nitrogen and oxygen atoms in total. The van der Waals surface area contributed by atoms with Gasteiger partial charge in [-0.3, -0.25) is 4.90 Å². The fourth-order valence-corrected chi connectivity index (χ4v) is 3.91. The summed E-state index contributed by atoms with van der Waals surface area (Å²) in [5.74, 6) is 1.20. The molecule has 0 aliphatic carbocycles. The predicted octanol–water partition coefficient (Wildman–Crippen LogP) is 5.04. The first-order valence-corrected chi connectivity index (χ1v) is 11.4. The molecular weight excluding hydrogens is 456 g/mol. The third kappa shape index (κ3) is 4.93. The summed E-state index contributed by atoms with van der Waals surface area (Å²) in [6, 6.07) is 16.7. The molecule has 1 amide bonds. The van der Waals surface area contributed by atoms with E-state index < -0.39 is 11.7 Å². The van der Waals surface area contributed by atoms with Crippen LogP contribution in [0.15, 0.2) is 54.9 Å². The molecule has 0 spiro atoms. The van der Waals surface area contributed by atoms with Crippen molar-refractivity contribution in [2.75, 3.05) is 17.7 Å². The number of aryl methyl sites for hydroxylation is 1. The molecule has 2 N–H and O–H groups in total. The van der Waals surface area contributed by atoms with Crippen LogP contribution in [0.4, 0.5) is 16.4 Å². The van der Waals surface area contributed by atoms with E-state index in [0.29, 0.717) is 27.9 Å². The number of pyridine rings is 1. The average molecular weight is 485 g/mol. The van der Waals surface area contributed by atoms with Crippen LogP contribution in [-0.4, -0.2) is 33.3 Å². The molecule has 0 unspecified atom stereocenters. The largest absolute Gasteiger partial charge is 0.497 e. The third-order valence-corrected chi connectivity index (χ3v) is 5.52. The summed E-state index contributed by atoms with van der Waals surface area (Å²) >= 11 is 0. The number of nitriles is 1. The van der Waals surface area contributed by atoms with Gasteiger partial charge in [0, 0.05) is 7.05 Å². The highest BCUT2D eigenvalue weighted by Gasteiger charge is 2.29. The minimum Gasteiger partial charge on any atom is -0.497 e. The Morgan fingerprint density at radius 1 is 1.19 bits per heavy atom. The second kappa shape index (κ2) is 9.58. The summed E-state index contributed by atoms with van der Waals surface area (Å²) in [5.41, 5.74) is 9.68. The minimum absolute atomic E-state index is 0.181. The zero-order valence-electron chi connectivity index (χ0n) is 20.9. The van der Waals surface area contributed by atoms with Crippen LogP contribution in [0.2, 0.25) is 0 Å². The maximum atomic E-state index is 13.4. The van der Waals surface area contributed by atoms with Gasteiger partial charge in [-0.15, -0.1) is 0 Å². The number of methoxy groups -OCH3 is 1. The Morgan fingerprint density at radius 2 is 1.92 bits per heavy atom. The maximum absolute atomic E-state index is 13.4. The number of aromatic nitrogens is 3. The molecule has 0 fully saturated rings. The first-order chi connectivity index (χ1) is 17.1. The number of benzene rings is 2. The van der Waals surface area contributed by atoms with Gasteiger partial charge in [-0.1, -0.05) is 24.3 Å². The standard InChI is InChI=1S/C27H28N6O3/c1-27(2,3)36-26(34)33(15-17-9-11-20(35-5)12-10-17)25-22-23(32(4)16-30-22)21(24(29)31-25)19-8-6-7-18(13-19)14-28/h6-13,16H,15H2,1-5H3,(H2,29,31). The average Bonchev–Trinajstić information content (AvgIpc) is 3.22. The highest BCUT2D eigenvalue weighted by atomic mass is 16.6. The summed E-state index contributed by atoms with van der Waals surface area (Å²) in [7, 11) is 3.44. The molecule has 0 saturated carbocycles. The molecule has 184 valence electrons. The van der Waals surface area contributed by atoms with Crippen LogP contribution in [0, 0.1) is 11.3 Å². The quantitative estimate of drug-likeness (QED) is 0.421. The van der Waals surface area contributed by atoms with Gasteiger partial charge in [0.25, 0.3) is 0 Å². The van der Waals surface area contributed by atoms with Gasteiger partial charge in [0.1, 0.15) is 22.7 Å². The molecule has 2 aromatic carbocycles. The SMILES string of the molecule is COc1ccc(CN(C(=O)OC(C)(C)C)c2nc(N)c(-c3cccc(C#N)c3)c3c2ncn3C)cc1. The van der Waals surface area contributed by atoms with E-state index in [9.17, 15) is 10.1 Å². The number of carbonyl (C=O) groups excluding carboxylic acids is 1. The summed E-state index contributed by atoms with van der Waals surface area (Å²) < 4.78 is 12.8. The molecule has 0 saturated heterocycles. The maximum Gasteiger partial charge on any atom is 0.416 e. The number of hydrogen-bond acceptors (Lipinski definition) is 7. The van der Waals surface area contributed by atoms with Crippen LogP contribution < -0.4 is 15.4 Å². The van der Waals surface area contributed by atoms with Crippen molar-refractivity contribution in [2.24, 2.45) is 7.05 Å². The smallest absolute Gasteiger partial charge is 0.416 e. The van der Waals surface area contributed by atoms with Crippen molar-refractivity contribution in [3.05, 3.63) is 66.0 Å². The van der Waals surface area contributed by atoms with Gasteiger partial charge in [0.05, 0.1) is 42.7 Å². The first kappa shape index (κ1) is 24.5. The number of anilines is 2. The third-order valence-electron chi connectivity index (χ3n) is 5.52. The van der Waals surface area contributed by atoms with Crippen molar-refractivity contribution in [3.63, 3.8) is 0 Å². The molecule has 0 bridgehead atoms. The van der Waals surface area contributed by atoms with Crippen LogP contribution in [0.1, 0.15) is 31.9 Å². The molecule has 9 heteroatoms. The van der Waals surface area contributed by atoms with Crippen LogP contribution in [0.3, 0.4) is 0 Å². The Bertz CT molecular complexity index is 1460. The van der Waals surface area contributed by atoms with E-state index in [2.05, 4.69) is 16.0 Å². The summed E-state index contributed by atoms with van der Waals surface area (Å²) in [4.78, 5) is 24.1. The van der Waals surface area contributed by atoms with Gasteiger partial charge in [0.2, 0.25) is 0 Å². The molecule has 4 aromatic rings. The van der Waals surface area contributed by atoms with Crippen LogP contribution in [0.25, 0.3) is 22.2 Å². The van der Waals surface area contributed by atoms with Crippen molar-refractivity contribution >= 4 is 28.8 Å². The highest BCUT2D eigenvalue weighted by molar-refractivity contribution is 6.05. The minimum atomic E-state index is -0.721. The second-order valence-electron chi connectivity index (χ2n) is 9.36. The topological polar surface area (TPSA) is 119 Å². The van der Waals surface area contributed by atoms with Gasteiger partial charge >= 0.3 is 6.09 Å². The van der Waals surface area contributed by atoms with Gasteiger partial charge in [0.15, 0.2) is 5.82 Å². The van der Waals surface area contributed by atoms with Gasteiger partial charge in [-0.25, -0.2) is 14.8 Å². The van der Waals surface area contributed by atoms with Crippen LogP contribution >= 0.6 is 0 Å². The van der Waals surface area contributed by atoms with Crippen molar-refractivity contribution in [3.8, 4) is 22.9 Å². The molecule has 36 heavy (non-hydrogen) atoms. The predicted molar refractivity (Wildman–Crippen MR) is 138 cm³/mol. The van der Waals surface area contributed by atoms with Crippen LogP contribution in [-0.2, 0) is 18.3 Å². The Kier molecular flexibility index (Phi) is 6.53. The lowest BCUT2D eigenvalue weighted by Crippen LogP contribution is -2.37. The number of carbonyl (C=O) groups is 1. The number of nitrogen functional groups attached to an aromatic ring is 1. The Balaban J connectivity index is 1.89. The van der Waals surface area contributed by atoms with Crippen molar-refractivity contribution in [2.45, 2.75) is 32.9 Å². The number of ether oxygens (including phenoxy) is 2. The Morgan fingerprint density at radius 3 is 2.56 bits per heavy atom. The number of nitrogens with zero attached hydrogens (tertiary/aromatic N) is 5. The fourth-order valence-electron chi connectivity index (χ4n) is 3.91. The van der Waals surface area contributed by atoms with Crippen LogP contribution in [0.5, 0.6) is 5.75 Å². The second-order valence-corrected chi connectivity index (χ2v) is 9.36. The van der Waals surface area contributed by atoms with Gasteiger partial charge < -0.3 is 19.8 Å². The van der Waals surface area contributed by atoms with Crippen molar-refractivity contribution in [1.29, 1.82) is 5.26 Å². The first-order valence-electron chi connectivity index (χ1n) is 11.4. The fraction of sp³-hybridized carbons (Fsp3) is 0.259. The zero-order valence-corrected chi connectivity index (χ0v) is 20.9. The monoisotopic (exact) mass is 484 g/mol. The zero-order chi connectivity index (χ0) is 26.0. The molecule has 0 atom stereocenters. The van der Waals surface area contributed by atoms with E-state index in [1.54, 1.807) is 52.4 Å². The number of hydrogen-bond donors (Lipinski definition) is 1.